The third-order valence-corrected chi connectivity index (χ3v) is 6.76. The number of hydrogen-bond donors (Lipinski definition) is 1. The van der Waals surface area contributed by atoms with E-state index in [1.165, 1.54) is 4.31 Å². The lowest BCUT2D eigenvalue weighted by molar-refractivity contribution is 0.340. The van der Waals surface area contributed by atoms with Crippen LogP contribution in [0.5, 0.6) is 5.75 Å². The molecule has 28 heavy (non-hydrogen) atoms. The van der Waals surface area contributed by atoms with Gasteiger partial charge in [0.1, 0.15) is 5.75 Å². The molecule has 0 saturated carbocycles. The standard InChI is InChI=1S/C21H27N3O3S/c1-5-24-19-14-17(27-6-2)12-13-18(19)20(22)21(24)15-8-10-16(11-9-15)23(4)28(25,26)7-3/h8-14H,5-7,22H2,1-4H3. The first kappa shape index (κ1) is 20.1. The van der Waals surface area contributed by atoms with Crippen molar-refractivity contribution in [3.05, 3.63) is 42.5 Å². The van der Waals surface area contributed by atoms with Crippen LogP contribution >= 0.6 is 0 Å². The highest BCUT2D eigenvalue weighted by atomic mass is 32.2. The normalized spacial score (nSPS) is 11.7. The van der Waals surface area contributed by atoms with Crippen LogP contribution in [0.15, 0.2) is 42.5 Å². The zero-order valence-electron chi connectivity index (χ0n) is 16.8. The van der Waals surface area contributed by atoms with Crippen molar-refractivity contribution < 1.29 is 13.2 Å². The molecule has 3 aromatic rings. The number of rotatable bonds is 7. The van der Waals surface area contributed by atoms with Gasteiger partial charge >= 0.3 is 0 Å². The third kappa shape index (κ3) is 3.42. The maximum atomic E-state index is 12.1. The van der Waals surface area contributed by atoms with Crippen molar-refractivity contribution >= 4 is 32.3 Å². The molecule has 0 aliphatic rings. The van der Waals surface area contributed by atoms with Gasteiger partial charge < -0.3 is 15.0 Å². The molecule has 6 nitrogen and oxygen atoms in total. The Labute approximate surface area is 166 Å². The summed E-state index contributed by atoms with van der Waals surface area (Å²) in [5.41, 5.74) is 10.7. The molecule has 0 unspecified atom stereocenters. The SMILES string of the molecule is CCOc1ccc2c(N)c(-c3ccc(N(C)S(=O)(=O)CC)cc3)n(CC)c2c1. The van der Waals surface area contributed by atoms with Gasteiger partial charge in [-0.1, -0.05) is 12.1 Å². The number of benzene rings is 2. The van der Waals surface area contributed by atoms with Crippen LogP contribution in [0.2, 0.25) is 0 Å². The summed E-state index contributed by atoms with van der Waals surface area (Å²) < 4.78 is 33.3. The van der Waals surface area contributed by atoms with Crippen LogP contribution in [0, 0.1) is 0 Å². The van der Waals surface area contributed by atoms with E-state index in [-0.39, 0.29) is 5.75 Å². The Morgan fingerprint density at radius 1 is 1.07 bits per heavy atom. The number of sulfonamides is 1. The Bertz CT molecular complexity index is 1090. The molecule has 0 atom stereocenters. The zero-order chi connectivity index (χ0) is 20.5. The minimum absolute atomic E-state index is 0.0600. The first-order valence-corrected chi connectivity index (χ1v) is 11.1. The Morgan fingerprint density at radius 2 is 1.75 bits per heavy atom. The van der Waals surface area contributed by atoms with E-state index in [9.17, 15) is 8.42 Å². The fourth-order valence-corrected chi connectivity index (χ4v) is 4.27. The highest BCUT2D eigenvalue weighted by Crippen LogP contribution is 2.38. The highest BCUT2D eigenvalue weighted by molar-refractivity contribution is 7.92. The van der Waals surface area contributed by atoms with E-state index in [0.717, 1.165) is 34.5 Å². The summed E-state index contributed by atoms with van der Waals surface area (Å²) in [6.07, 6.45) is 0. The number of aromatic nitrogens is 1. The van der Waals surface area contributed by atoms with Crippen LogP contribution in [0.4, 0.5) is 11.4 Å². The molecular formula is C21H27N3O3S. The fourth-order valence-electron chi connectivity index (χ4n) is 3.44. The minimum atomic E-state index is -3.29. The van der Waals surface area contributed by atoms with Gasteiger partial charge in [0.2, 0.25) is 10.0 Å². The lowest BCUT2D eigenvalue weighted by Gasteiger charge is -2.19. The molecule has 0 saturated heterocycles. The number of anilines is 2. The molecule has 1 aromatic heterocycles. The Balaban J connectivity index is 2.09. The molecule has 7 heteroatoms. The molecule has 1 heterocycles. The summed E-state index contributed by atoms with van der Waals surface area (Å²) in [5.74, 6) is 0.875. The predicted molar refractivity (Wildman–Crippen MR) is 116 cm³/mol. The van der Waals surface area contributed by atoms with Crippen LogP contribution < -0.4 is 14.8 Å². The van der Waals surface area contributed by atoms with Crippen LogP contribution in [-0.4, -0.2) is 32.4 Å². The van der Waals surface area contributed by atoms with Crippen molar-refractivity contribution in [2.45, 2.75) is 27.3 Å². The number of ether oxygens (including phenoxy) is 1. The van der Waals surface area contributed by atoms with Crippen molar-refractivity contribution in [1.82, 2.24) is 4.57 Å². The largest absolute Gasteiger partial charge is 0.494 e. The van der Waals surface area contributed by atoms with Gasteiger partial charge in [-0.15, -0.1) is 0 Å². The van der Waals surface area contributed by atoms with E-state index in [4.69, 9.17) is 10.5 Å². The molecule has 150 valence electrons. The molecule has 0 aliphatic carbocycles. The van der Waals surface area contributed by atoms with Gasteiger partial charge in [0, 0.05) is 30.6 Å². The average molecular weight is 402 g/mol. The second-order valence-electron chi connectivity index (χ2n) is 6.53. The molecule has 0 amide bonds. The van der Waals surface area contributed by atoms with E-state index >= 15 is 0 Å². The van der Waals surface area contributed by atoms with E-state index in [2.05, 4.69) is 11.5 Å². The van der Waals surface area contributed by atoms with Gasteiger partial charge in [0.15, 0.2) is 0 Å². The molecule has 0 aliphatic heterocycles. The molecular weight excluding hydrogens is 374 g/mol. The molecule has 3 rings (SSSR count). The lowest BCUT2D eigenvalue weighted by atomic mass is 10.1. The van der Waals surface area contributed by atoms with E-state index in [0.29, 0.717) is 18.0 Å². The summed E-state index contributed by atoms with van der Waals surface area (Å²) in [6, 6.07) is 13.4. The van der Waals surface area contributed by atoms with E-state index in [1.807, 2.05) is 49.4 Å². The maximum Gasteiger partial charge on any atom is 0.234 e. The summed E-state index contributed by atoms with van der Waals surface area (Å²) in [7, 11) is -1.72. The topological polar surface area (TPSA) is 77.6 Å². The van der Waals surface area contributed by atoms with E-state index in [1.54, 1.807) is 14.0 Å². The molecule has 0 radical (unpaired) electrons. The molecule has 0 fully saturated rings. The van der Waals surface area contributed by atoms with Gasteiger partial charge in [-0.3, -0.25) is 4.31 Å². The fraction of sp³-hybridized carbons (Fsp3) is 0.333. The molecule has 0 bridgehead atoms. The van der Waals surface area contributed by atoms with Crippen LogP contribution in [0.1, 0.15) is 20.8 Å². The molecule has 2 N–H and O–H groups in total. The van der Waals surface area contributed by atoms with Gasteiger partial charge in [0.25, 0.3) is 0 Å². The summed E-state index contributed by atoms with van der Waals surface area (Å²) in [5, 5.41) is 0.982. The van der Waals surface area contributed by atoms with Crippen molar-refractivity contribution in [2.24, 2.45) is 0 Å². The lowest BCUT2D eigenvalue weighted by Crippen LogP contribution is -2.27. The predicted octanol–water partition coefficient (Wildman–Crippen LogP) is 4.10. The van der Waals surface area contributed by atoms with Gasteiger partial charge in [0.05, 0.1) is 34.9 Å². The third-order valence-electron chi connectivity index (χ3n) is 4.99. The zero-order valence-corrected chi connectivity index (χ0v) is 17.6. The summed E-state index contributed by atoms with van der Waals surface area (Å²) >= 11 is 0. The van der Waals surface area contributed by atoms with Crippen molar-refractivity contribution in [3.8, 4) is 17.0 Å². The van der Waals surface area contributed by atoms with Crippen molar-refractivity contribution in [1.29, 1.82) is 0 Å². The number of nitrogen functional groups attached to an aromatic ring is 1. The van der Waals surface area contributed by atoms with Crippen LogP contribution in [0.25, 0.3) is 22.2 Å². The second kappa shape index (κ2) is 7.75. The minimum Gasteiger partial charge on any atom is -0.494 e. The van der Waals surface area contributed by atoms with Crippen LogP contribution in [0.3, 0.4) is 0 Å². The maximum absolute atomic E-state index is 12.1. The Kier molecular flexibility index (Phi) is 5.56. The first-order chi connectivity index (χ1) is 13.3. The second-order valence-corrected chi connectivity index (χ2v) is 8.82. The number of aryl methyl sites for hydroxylation is 1. The molecule has 2 aromatic carbocycles. The van der Waals surface area contributed by atoms with Crippen molar-refractivity contribution in [3.63, 3.8) is 0 Å². The van der Waals surface area contributed by atoms with Crippen LogP contribution in [-0.2, 0) is 16.6 Å². The molecule has 0 spiro atoms. The number of fused-ring (bicyclic) bond motifs is 1. The quantitative estimate of drug-likeness (QED) is 0.647. The first-order valence-electron chi connectivity index (χ1n) is 9.45. The van der Waals surface area contributed by atoms with Crippen molar-refractivity contribution in [2.75, 3.05) is 29.4 Å². The van der Waals surface area contributed by atoms with E-state index < -0.39 is 10.0 Å². The monoisotopic (exact) mass is 401 g/mol. The number of nitrogens with two attached hydrogens (primary N) is 1. The number of hydrogen-bond acceptors (Lipinski definition) is 4. The Hall–Kier alpha value is -2.67. The number of nitrogens with zero attached hydrogens (tertiary/aromatic N) is 2. The Morgan fingerprint density at radius 3 is 2.32 bits per heavy atom. The van der Waals surface area contributed by atoms with Gasteiger partial charge in [-0.2, -0.15) is 0 Å². The van der Waals surface area contributed by atoms with Gasteiger partial charge in [-0.05, 0) is 45.0 Å². The smallest absolute Gasteiger partial charge is 0.234 e. The summed E-state index contributed by atoms with van der Waals surface area (Å²) in [4.78, 5) is 0. The highest BCUT2D eigenvalue weighted by Gasteiger charge is 2.19. The van der Waals surface area contributed by atoms with Gasteiger partial charge in [-0.25, -0.2) is 8.42 Å². The summed E-state index contributed by atoms with van der Waals surface area (Å²) in [6.45, 7) is 7.03. The average Bonchev–Trinajstić information content (AvgIpc) is 2.99.